The first-order chi connectivity index (χ1) is 18.9. The minimum absolute atomic E-state index is 0.235. The Labute approximate surface area is 248 Å². The van der Waals surface area contributed by atoms with E-state index in [0.29, 0.717) is 63.5 Å². The maximum atomic E-state index is 13.6. The van der Waals surface area contributed by atoms with Crippen LogP contribution >= 0.6 is 46.6 Å². The normalized spacial score (nSPS) is 12.6. The van der Waals surface area contributed by atoms with Crippen molar-refractivity contribution in [3.63, 3.8) is 0 Å². The maximum Gasteiger partial charge on any atom is 0.414 e. The summed E-state index contributed by atoms with van der Waals surface area (Å²) in [6, 6.07) is 12.3. The number of imidazole rings is 1. The third-order valence-electron chi connectivity index (χ3n) is 6.34. The minimum atomic E-state index is -0.591. The second-order valence-corrected chi connectivity index (χ2v) is 11.5. The second kappa shape index (κ2) is 14.3. The van der Waals surface area contributed by atoms with E-state index in [1.807, 2.05) is 22.8 Å². The molecule has 1 aliphatic rings. The minimum Gasteiger partial charge on any atom is -0.389 e. The fourth-order valence-corrected chi connectivity index (χ4v) is 6.10. The van der Waals surface area contributed by atoms with Crippen LogP contribution in [0.15, 0.2) is 42.5 Å². The molecule has 1 N–H and O–H groups in total. The van der Waals surface area contributed by atoms with Crippen LogP contribution in [0.25, 0.3) is 0 Å². The SMILES string of the molecule is CCCCN(C(=O)c1cccc(Cl)c1)c1nc2n(c1OC(=O)NCCSCc1c(Cl)cccc1Cl)CCCC2. The van der Waals surface area contributed by atoms with Crippen LogP contribution in [0.3, 0.4) is 0 Å². The van der Waals surface area contributed by atoms with Gasteiger partial charge in [0, 0.05) is 58.2 Å². The lowest BCUT2D eigenvalue weighted by molar-refractivity contribution is 0.0984. The molecule has 0 atom stereocenters. The molecule has 2 aromatic carbocycles. The first-order valence-corrected chi connectivity index (χ1v) is 15.3. The zero-order valence-corrected chi connectivity index (χ0v) is 24.8. The summed E-state index contributed by atoms with van der Waals surface area (Å²) in [4.78, 5) is 32.9. The highest BCUT2D eigenvalue weighted by atomic mass is 35.5. The van der Waals surface area contributed by atoms with Gasteiger partial charge in [-0.2, -0.15) is 11.8 Å². The van der Waals surface area contributed by atoms with Crippen LogP contribution in [-0.2, 0) is 18.7 Å². The Kier molecular flexibility index (Phi) is 10.9. The molecule has 39 heavy (non-hydrogen) atoms. The highest BCUT2D eigenvalue weighted by Gasteiger charge is 2.30. The number of rotatable bonds is 11. The topological polar surface area (TPSA) is 76.5 Å². The van der Waals surface area contributed by atoms with Crippen LogP contribution in [0.5, 0.6) is 5.88 Å². The van der Waals surface area contributed by atoms with E-state index in [9.17, 15) is 9.59 Å². The Balaban J connectivity index is 1.46. The first-order valence-electron chi connectivity index (χ1n) is 13.0. The lowest BCUT2D eigenvalue weighted by Gasteiger charge is -2.22. The van der Waals surface area contributed by atoms with Gasteiger partial charge in [-0.05, 0) is 55.2 Å². The molecule has 208 valence electrons. The molecule has 0 unspecified atom stereocenters. The van der Waals surface area contributed by atoms with Gasteiger partial charge >= 0.3 is 6.09 Å². The van der Waals surface area contributed by atoms with Gasteiger partial charge in [-0.1, -0.05) is 60.3 Å². The van der Waals surface area contributed by atoms with Crippen LogP contribution in [0.2, 0.25) is 15.1 Å². The summed E-state index contributed by atoms with van der Waals surface area (Å²) in [5.74, 6) is 2.51. The Hall–Kier alpha value is -2.39. The van der Waals surface area contributed by atoms with E-state index in [1.165, 1.54) is 0 Å². The van der Waals surface area contributed by atoms with Gasteiger partial charge in [0.2, 0.25) is 5.88 Å². The lowest BCUT2D eigenvalue weighted by atomic mass is 10.2. The van der Waals surface area contributed by atoms with Crippen LogP contribution in [0.1, 0.15) is 54.4 Å². The molecule has 0 saturated heterocycles. The summed E-state index contributed by atoms with van der Waals surface area (Å²) in [6.45, 7) is 3.57. The van der Waals surface area contributed by atoms with Gasteiger partial charge in [0.1, 0.15) is 5.82 Å². The van der Waals surface area contributed by atoms with Gasteiger partial charge in [-0.25, -0.2) is 9.78 Å². The van der Waals surface area contributed by atoms with Crippen LogP contribution < -0.4 is 15.0 Å². The van der Waals surface area contributed by atoms with Crippen LogP contribution in [0.4, 0.5) is 10.6 Å². The Morgan fingerprint density at radius 2 is 1.90 bits per heavy atom. The predicted molar refractivity (Wildman–Crippen MR) is 160 cm³/mol. The maximum absolute atomic E-state index is 13.6. The van der Waals surface area contributed by atoms with E-state index in [4.69, 9.17) is 44.5 Å². The van der Waals surface area contributed by atoms with Crippen LogP contribution in [0, 0.1) is 0 Å². The van der Waals surface area contributed by atoms with E-state index in [0.717, 1.165) is 43.5 Å². The number of thioether (sulfide) groups is 1. The number of carbonyl (C=O) groups excluding carboxylic acids is 2. The zero-order valence-electron chi connectivity index (χ0n) is 21.7. The molecule has 0 spiro atoms. The molecule has 2 amide bonds. The quantitative estimate of drug-likeness (QED) is 0.226. The van der Waals surface area contributed by atoms with Crippen LogP contribution in [-0.4, -0.2) is 40.4 Å². The molecule has 0 saturated carbocycles. The molecule has 4 rings (SSSR count). The summed E-state index contributed by atoms with van der Waals surface area (Å²) in [5, 5.41) is 4.54. The third kappa shape index (κ3) is 7.63. The van der Waals surface area contributed by atoms with E-state index < -0.39 is 6.09 Å². The molecule has 0 bridgehead atoms. The van der Waals surface area contributed by atoms with E-state index in [-0.39, 0.29) is 5.91 Å². The average Bonchev–Trinajstić information content (AvgIpc) is 3.28. The van der Waals surface area contributed by atoms with Gasteiger partial charge in [0.15, 0.2) is 5.82 Å². The number of aryl methyl sites for hydroxylation is 1. The van der Waals surface area contributed by atoms with Crippen molar-refractivity contribution in [1.29, 1.82) is 0 Å². The number of halogens is 3. The molecule has 2 heterocycles. The van der Waals surface area contributed by atoms with E-state index in [1.54, 1.807) is 40.9 Å². The predicted octanol–water partition coefficient (Wildman–Crippen LogP) is 7.65. The molecule has 7 nitrogen and oxygen atoms in total. The monoisotopic (exact) mass is 608 g/mol. The number of amides is 2. The highest BCUT2D eigenvalue weighted by Crippen LogP contribution is 2.34. The lowest BCUT2D eigenvalue weighted by Crippen LogP contribution is -2.34. The number of hydrogen-bond acceptors (Lipinski definition) is 5. The van der Waals surface area contributed by atoms with Gasteiger partial charge in [0.25, 0.3) is 5.91 Å². The Morgan fingerprint density at radius 3 is 2.64 bits per heavy atom. The second-order valence-electron chi connectivity index (χ2n) is 9.16. The summed E-state index contributed by atoms with van der Waals surface area (Å²) in [6.07, 6.45) is 3.76. The van der Waals surface area contributed by atoms with Crippen molar-refractivity contribution < 1.29 is 14.3 Å². The van der Waals surface area contributed by atoms with E-state index >= 15 is 0 Å². The van der Waals surface area contributed by atoms with Crippen molar-refractivity contribution in [2.45, 2.75) is 51.3 Å². The van der Waals surface area contributed by atoms with E-state index in [2.05, 4.69) is 12.2 Å². The summed E-state index contributed by atoms with van der Waals surface area (Å²) >= 11 is 20.3. The highest BCUT2D eigenvalue weighted by molar-refractivity contribution is 7.98. The van der Waals surface area contributed by atoms with Crippen molar-refractivity contribution in [3.8, 4) is 5.88 Å². The molecule has 0 radical (unpaired) electrons. The Morgan fingerprint density at radius 1 is 1.13 bits per heavy atom. The number of nitrogens with zero attached hydrogens (tertiary/aromatic N) is 3. The van der Waals surface area contributed by atoms with Crippen molar-refractivity contribution in [2.75, 3.05) is 23.7 Å². The number of benzene rings is 2. The summed E-state index contributed by atoms with van der Waals surface area (Å²) in [7, 11) is 0. The van der Waals surface area contributed by atoms with Crippen molar-refractivity contribution in [2.24, 2.45) is 0 Å². The molecule has 3 aromatic rings. The standard InChI is InChI=1S/C28H31Cl3N4O3S/c1-2-3-14-35(26(36)19-8-6-9-20(29)17-19)25-27(34-15-5-4-12-24(34)33-25)38-28(37)32-13-16-39-18-21-22(30)10-7-11-23(21)31/h6-11,17H,2-5,12-16,18H2,1H3,(H,32,37). The fourth-order valence-electron chi connectivity index (χ4n) is 4.31. The molecule has 0 aliphatic carbocycles. The third-order valence-corrected chi connectivity index (χ3v) is 8.26. The van der Waals surface area contributed by atoms with Crippen molar-refractivity contribution in [1.82, 2.24) is 14.9 Å². The van der Waals surface area contributed by atoms with Gasteiger partial charge in [0.05, 0.1) is 0 Å². The number of ether oxygens (including phenoxy) is 1. The largest absolute Gasteiger partial charge is 0.414 e. The molecule has 1 aromatic heterocycles. The van der Waals surface area contributed by atoms with Gasteiger partial charge in [-0.15, -0.1) is 0 Å². The van der Waals surface area contributed by atoms with Crippen molar-refractivity contribution in [3.05, 3.63) is 74.5 Å². The average molecular weight is 610 g/mol. The molecule has 1 aliphatic heterocycles. The molecular weight excluding hydrogens is 579 g/mol. The number of anilines is 1. The number of fused-ring (bicyclic) bond motifs is 1. The van der Waals surface area contributed by atoms with Gasteiger partial charge in [-0.3, -0.25) is 14.3 Å². The number of unbranched alkanes of at least 4 members (excludes halogenated alkanes) is 1. The number of nitrogens with one attached hydrogen (secondary N) is 1. The van der Waals surface area contributed by atoms with Crippen molar-refractivity contribution >= 4 is 64.4 Å². The molecule has 11 heteroatoms. The summed E-state index contributed by atoms with van der Waals surface area (Å²) in [5.41, 5.74) is 1.33. The zero-order chi connectivity index (χ0) is 27.8. The first kappa shape index (κ1) is 29.6. The number of aromatic nitrogens is 2. The molecular formula is C28H31Cl3N4O3S. The van der Waals surface area contributed by atoms with Gasteiger partial charge < -0.3 is 10.1 Å². The fraction of sp³-hybridized carbons (Fsp3) is 0.393. The number of carbonyl (C=O) groups is 2. The number of hydrogen-bond donors (Lipinski definition) is 1. The Bertz CT molecular complexity index is 1300. The smallest absolute Gasteiger partial charge is 0.389 e. The summed E-state index contributed by atoms with van der Waals surface area (Å²) < 4.78 is 7.75. The molecule has 0 fully saturated rings.